The smallest absolute Gasteiger partial charge is 0.322 e. The van der Waals surface area contributed by atoms with Crippen LogP contribution in [0.2, 0.25) is 0 Å². The number of carbonyl (C=O) groups excluding carboxylic acids is 1. The number of aromatic nitrogens is 3. The maximum atomic E-state index is 14.1. The van der Waals surface area contributed by atoms with Crippen molar-refractivity contribution in [1.82, 2.24) is 19.2 Å². The van der Waals surface area contributed by atoms with Crippen molar-refractivity contribution in [2.45, 2.75) is 32.9 Å². The number of para-hydroxylation sites is 1. The number of urea groups is 1. The maximum absolute atomic E-state index is 14.1. The zero-order chi connectivity index (χ0) is 26.9. The van der Waals surface area contributed by atoms with E-state index in [4.69, 9.17) is 9.84 Å². The molecule has 2 amide bonds. The van der Waals surface area contributed by atoms with Gasteiger partial charge in [0.05, 0.1) is 36.8 Å². The number of nitrogens with one attached hydrogen (secondary N) is 1. The van der Waals surface area contributed by atoms with Crippen molar-refractivity contribution < 1.29 is 9.53 Å². The van der Waals surface area contributed by atoms with Gasteiger partial charge in [0.25, 0.3) is 0 Å². The highest BCUT2D eigenvalue weighted by Crippen LogP contribution is 2.39. The van der Waals surface area contributed by atoms with Gasteiger partial charge in [-0.3, -0.25) is 0 Å². The van der Waals surface area contributed by atoms with Gasteiger partial charge in [-0.15, -0.1) is 0 Å². The van der Waals surface area contributed by atoms with E-state index >= 15 is 0 Å². The number of amides is 2. The van der Waals surface area contributed by atoms with E-state index in [1.807, 2.05) is 89.3 Å². The van der Waals surface area contributed by atoms with Gasteiger partial charge in [0.2, 0.25) is 0 Å². The number of rotatable bonds is 5. The van der Waals surface area contributed by atoms with Gasteiger partial charge in [-0.1, -0.05) is 55.0 Å². The number of nitrogens with zero attached hydrogens (tertiary/aromatic N) is 4. The van der Waals surface area contributed by atoms with Gasteiger partial charge in [0.1, 0.15) is 11.6 Å². The number of hydrogen-bond donors (Lipinski definition) is 1. The van der Waals surface area contributed by atoms with Crippen LogP contribution < -0.4 is 10.1 Å². The van der Waals surface area contributed by atoms with E-state index in [0.717, 1.165) is 57.4 Å². The molecule has 1 atom stereocenters. The second-order valence-corrected chi connectivity index (χ2v) is 9.75. The van der Waals surface area contributed by atoms with E-state index in [1.165, 1.54) is 0 Å². The summed E-state index contributed by atoms with van der Waals surface area (Å²) in [6, 6.07) is 29.6. The van der Waals surface area contributed by atoms with E-state index in [2.05, 4.69) is 41.2 Å². The Morgan fingerprint density at radius 1 is 0.974 bits per heavy atom. The van der Waals surface area contributed by atoms with Gasteiger partial charge in [-0.2, -0.15) is 5.10 Å². The molecule has 7 nitrogen and oxygen atoms in total. The van der Waals surface area contributed by atoms with Crippen LogP contribution in [0, 0.1) is 6.92 Å². The van der Waals surface area contributed by atoms with Crippen molar-refractivity contribution in [1.29, 1.82) is 0 Å². The molecule has 0 aliphatic carbocycles. The maximum Gasteiger partial charge on any atom is 0.322 e. The number of fused-ring (bicyclic) bond motifs is 3. The summed E-state index contributed by atoms with van der Waals surface area (Å²) in [4.78, 5) is 16.0. The molecular weight excluding hydrogens is 486 g/mol. The predicted octanol–water partition coefficient (Wildman–Crippen LogP) is 6.68. The number of methoxy groups -OCH3 is 1. The minimum atomic E-state index is -0.335. The first-order chi connectivity index (χ1) is 19.1. The average molecular weight is 518 g/mol. The second kappa shape index (κ2) is 10.2. The minimum absolute atomic E-state index is 0.171. The van der Waals surface area contributed by atoms with Crippen LogP contribution in [0.1, 0.15) is 41.0 Å². The van der Waals surface area contributed by atoms with Crippen LogP contribution in [0.25, 0.3) is 11.5 Å². The van der Waals surface area contributed by atoms with Crippen LogP contribution in [0.3, 0.4) is 0 Å². The van der Waals surface area contributed by atoms with E-state index in [0.29, 0.717) is 6.54 Å². The molecule has 0 saturated heterocycles. The van der Waals surface area contributed by atoms with Gasteiger partial charge < -0.3 is 19.5 Å². The van der Waals surface area contributed by atoms with E-state index in [-0.39, 0.29) is 12.1 Å². The molecule has 0 spiro atoms. The first kappa shape index (κ1) is 24.6. The first-order valence-corrected chi connectivity index (χ1v) is 13.2. The predicted molar refractivity (Wildman–Crippen MR) is 153 cm³/mol. The zero-order valence-electron chi connectivity index (χ0n) is 22.3. The van der Waals surface area contributed by atoms with Crippen LogP contribution in [-0.4, -0.2) is 32.4 Å². The number of benzene rings is 3. The molecule has 5 aromatic rings. The molecule has 0 bridgehead atoms. The van der Waals surface area contributed by atoms with Gasteiger partial charge in [0, 0.05) is 17.4 Å². The Hall–Kier alpha value is -4.78. The summed E-state index contributed by atoms with van der Waals surface area (Å²) >= 11 is 0. The number of hydrogen-bond acceptors (Lipinski definition) is 3. The number of carbonyl (C=O) groups is 1. The summed E-state index contributed by atoms with van der Waals surface area (Å²) in [5.74, 6) is 1.73. The van der Waals surface area contributed by atoms with Gasteiger partial charge in [-0.25, -0.2) is 9.48 Å². The largest absolute Gasteiger partial charge is 0.497 e. The Morgan fingerprint density at radius 3 is 2.41 bits per heavy atom. The molecular formula is C32H31N5O2. The molecule has 0 radical (unpaired) electrons. The fourth-order valence-electron chi connectivity index (χ4n) is 5.32. The van der Waals surface area contributed by atoms with Crippen molar-refractivity contribution >= 4 is 11.7 Å². The average Bonchev–Trinajstić information content (AvgIpc) is 3.56. The Kier molecular flexibility index (Phi) is 6.40. The molecule has 7 heteroatoms. The molecule has 2 aromatic heterocycles. The Balaban J connectivity index is 1.53. The quantitative estimate of drug-likeness (QED) is 0.283. The van der Waals surface area contributed by atoms with Crippen molar-refractivity contribution in [3.05, 3.63) is 125 Å². The molecule has 39 heavy (non-hydrogen) atoms. The van der Waals surface area contributed by atoms with Crippen molar-refractivity contribution in [3.8, 4) is 17.3 Å². The third kappa shape index (κ3) is 4.46. The lowest BCUT2D eigenvalue weighted by Gasteiger charge is -2.31. The van der Waals surface area contributed by atoms with Gasteiger partial charge in [0.15, 0.2) is 0 Å². The third-order valence-corrected chi connectivity index (χ3v) is 7.30. The zero-order valence-corrected chi connectivity index (χ0v) is 22.3. The van der Waals surface area contributed by atoms with Crippen LogP contribution in [0.15, 0.2) is 97.2 Å². The van der Waals surface area contributed by atoms with Crippen LogP contribution in [0.4, 0.5) is 10.5 Å². The molecule has 1 aliphatic heterocycles. The van der Waals surface area contributed by atoms with Crippen LogP contribution in [-0.2, 0) is 13.0 Å². The molecule has 6 rings (SSSR count). The van der Waals surface area contributed by atoms with E-state index in [1.54, 1.807) is 7.11 Å². The normalized spacial score (nSPS) is 14.3. The standard InChI is InChI=1S/C32H31N5O2/c1-4-28-27-21-36(32(38)33-24-16-12-22(2)13-17-24)30(23-14-18-26(39-3)19-15-23)29-11-8-20-35(29)31(27)37(34-28)25-9-6-5-7-10-25/h5-20,30H,4,21H2,1-3H3,(H,33,38)/t30-/m1/s1. The van der Waals surface area contributed by atoms with Crippen molar-refractivity contribution in [2.75, 3.05) is 12.4 Å². The van der Waals surface area contributed by atoms with E-state index < -0.39 is 0 Å². The van der Waals surface area contributed by atoms with Crippen LogP contribution in [0.5, 0.6) is 5.75 Å². The highest BCUT2D eigenvalue weighted by Gasteiger charge is 2.36. The summed E-state index contributed by atoms with van der Waals surface area (Å²) in [7, 11) is 1.66. The molecule has 3 heterocycles. The van der Waals surface area contributed by atoms with E-state index in [9.17, 15) is 4.79 Å². The summed E-state index contributed by atoms with van der Waals surface area (Å²) in [6.45, 7) is 4.55. The minimum Gasteiger partial charge on any atom is -0.497 e. The summed E-state index contributed by atoms with van der Waals surface area (Å²) in [6.07, 6.45) is 2.81. The summed E-state index contributed by atoms with van der Waals surface area (Å²) < 4.78 is 9.61. The van der Waals surface area contributed by atoms with Crippen molar-refractivity contribution in [2.24, 2.45) is 0 Å². The molecule has 3 aromatic carbocycles. The number of anilines is 1. The topological polar surface area (TPSA) is 64.3 Å². The molecule has 196 valence electrons. The lowest BCUT2D eigenvalue weighted by Crippen LogP contribution is -2.38. The summed E-state index contributed by atoms with van der Waals surface area (Å²) in [5, 5.41) is 8.17. The Bertz CT molecular complexity index is 1600. The highest BCUT2D eigenvalue weighted by molar-refractivity contribution is 5.90. The van der Waals surface area contributed by atoms with Gasteiger partial charge >= 0.3 is 6.03 Å². The molecule has 0 unspecified atom stereocenters. The number of ether oxygens (including phenoxy) is 1. The van der Waals surface area contributed by atoms with Gasteiger partial charge in [-0.05, 0) is 67.4 Å². The second-order valence-electron chi connectivity index (χ2n) is 9.75. The molecule has 1 N–H and O–H groups in total. The summed E-state index contributed by atoms with van der Waals surface area (Å²) in [5.41, 5.74) is 6.87. The molecule has 0 saturated carbocycles. The first-order valence-electron chi connectivity index (χ1n) is 13.2. The highest BCUT2D eigenvalue weighted by atomic mass is 16.5. The molecule has 0 fully saturated rings. The van der Waals surface area contributed by atoms with Crippen molar-refractivity contribution in [3.63, 3.8) is 0 Å². The third-order valence-electron chi connectivity index (χ3n) is 7.30. The Morgan fingerprint density at radius 2 is 1.72 bits per heavy atom. The fourth-order valence-corrected chi connectivity index (χ4v) is 5.32. The molecule has 1 aliphatic rings. The SMILES string of the molecule is CCc1nn(-c2ccccc2)c2c1CN(C(=O)Nc1ccc(C)cc1)[C@H](c1ccc(OC)cc1)c1cccn1-2. The lowest BCUT2D eigenvalue weighted by atomic mass is 10.0. The fraction of sp³-hybridized carbons (Fsp3) is 0.188. The number of aryl methyl sites for hydroxylation is 2. The lowest BCUT2D eigenvalue weighted by molar-refractivity contribution is 0.194. The monoisotopic (exact) mass is 517 g/mol. The Labute approximate surface area is 228 Å². The van der Waals surface area contributed by atoms with Crippen LogP contribution >= 0.6 is 0 Å².